The first kappa shape index (κ1) is 26.2. The van der Waals surface area contributed by atoms with Crippen LogP contribution in [-0.2, 0) is 28.5 Å². The van der Waals surface area contributed by atoms with Crippen LogP contribution in [-0.4, -0.2) is 42.5 Å². The van der Waals surface area contributed by atoms with Crippen LogP contribution < -0.4 is 0 Å². The molecule has 0 unspecified atom stereocenters. The maximum atomic E-state index is 7.00. The summed E-state index contributed by atoms with van der Waals surface area (Å²) in [6.45, 7) is 22.2. The second-order valence-electron chi connectivity index (χ2n) is 10.7. The second-order valence-corrected chi connectivity index (χ2v) is 17.4. The van der Waals surface area contributed by atoms with Gasteiger partial charge in [-0.2, -0.15) is 0 Å². The summed E-state index contributed by atoms with van der Waals surface area (Å²) in [6.07, 6.45) is 8.28. The SMILES string of the molecule is COC(C)(C)[C@@H]1CCCN1[C](=[W])C1=CCC(O[Si](C(C)C)(C(C)C)C(C)C)=C[C@H]1C. The average Bonchev–Trinajstić information content (AvgIpc) is 3.15. The number of ether oxygens (including phenoxy) is 1. The van der Waals surface area contributed by atoms with Crippen LogP contribution in [0.5, 0.6) is 0 Å². The number of hydrogen-bond donors (Lipinski definition) is 0. The summed E-state index contributed by atoms with van der Waals surface area (Å²) in [5, 5.41) is 0. The first-order chi connectivity index (χ1) is 13.9. The normalized spacial score (nSPS) is 23.9. The Kier molecular flexibility index (Phi) is 8.98. The van der Waals surface area contributed by atoms with Crippen LogP contribution in [0.15, 0.2) is 23.5 Å². The van der Waals surface area contributed by atoms with Gasteiger partial charge in [0.25, 0.3) is 0 Å². The number of nitrogens with zero attached hydrogens (tertiary/aromatic N) is 1. The molecule has 1 saturated heterocycles. The molecule has 2 atom stereocenters. The zero-order valence-electron chi connectivity index (χ0n) is 21.0. The van der Waals surface area contributed by atoms with Gasteiger partial charge in [-0.3, -0.25) is 0 Å². The van der Waals surface area contributed by atoms with Gasteiger partial charge in [-0.05, 0) is 0 Å². The second kappa shape index (κ2) is 10.3. The van der Waals surface area contributed by atoms with Crippen molar-refractivity contribution in [2.75, 3.05) is 13.7 Å². The summed E-state index contributed by atoms with van der Waals surface area (Å²) in [5.41, 5.74) is 3.22. The summed E-state index contributed by atoms with van der Waals surface area (Å²) >= 11 is 1.56. The molecule has 1 fully saturated rings. The van der Waals surface area contributed by atoms with E-state index >= 15 is 0 Å². The van der Waals surface area contributed by atoms with Crippen molar-refractivity contribution in [2.24, 2.45) is 5.92 Å². The quantitative estimate of drug-likeness (QED) is 0.278. The molecule has 0 radical (unpaired) electrons. The molecule has 5 heteroatoms. The van der Waals surface area contributed by atoms with Gasteiger partial charge in [0.1, 0.15) is 0 Å². The molecule has 172 valence electrons. The fourth-order valence-electron chi connectivity index (χ4n) is 5.81. The first-order valence-electron chi connectivity index (χ1n) is 11.8. The monoisotopic (exact) mass is 603 g/mol. The van der Waals surface area contributed by atoms with E-state index in [4.69, 9.17) is 9.16 Å². The Bertz CT molecular complexity index is 659. The van der Waals surface area contributed by atoms with E-state index < -0.39 is 8.32 Å². The van der Waals surface area contributed by atoms with Gasteiger partial charge >= 0.3 is 199 Å². The fraction of sp³-hybridized carbons (Fsp3) is 0.800. The van der Waals surface area contributed by atoms with Crippen LogP contribution >= 0.6 is 0 Å². The predicted octanol–water partition coefficient (Wildman–Crippen LogP) is 6.59. The molecule has 0 aromatic carbocycles. The van der Waals surface area contributed by atoms with Crippen LogP contribution in [0, 0.1) is 5.92 Å². The van der Waals surface area contributed by atoms with E-state index in [-0.39, 0.29) is 5.60 Å². The molecular formula is C25H45NO2SiW. The first-order valence-corrected chi connectivity index (χ1v) is 15.4. The molecule has 1 aliphatic carbocycles. The van der Waals surface area contributed by atoms with Crippen molar-refractivity contribution in [3.63, 3.8) is 0 Å². The van der Waals surface area contributed by atoms with E-state index in [9.17, 15) is 0 Å². The van der Waals surface area contributed by atoms with E-state index in [0.29, 0.717) is 28.6 Å². The summed E-state index contributed by atoms with van der Waals surface area (Å²) < 4.78 is 14.4. The number of methoxy groups -OCH3 is 1. The minimum absolute atomic E-state index is 0.114. The van der Waals surface area contributed by atoms with Crippen molar-refractivity contribution in [3.05, 3.63) is 23.5 Å². The summed E-state index contributed by atoms with van der Waals surface area (Å²) in [7, 11) is -0.0372. The zero-order chi connectivity index (χ0) is 22.9. The van der Waals surface area contributed by atoms with E-state index in [0.717, 1.165) is 13.0 Å². The van der Waals surface area contributed by atoms with Crippen molar-refractivity contribution in [1.29, 1.82) is 0 Å². The molecule has 2 aliphatic rings. The molecule has 0 bridgehead atoms. The third kappa shape index (κ3) is 5.13. The van der Waals surface area contributed by atoms with E-state index in [1.54, 1.807) is 19.4 Å². The van der Waals surface area contributed by atoms with Gasteiger partial charge in [-0.25, -0.2) is 0 Å². The van der Waals surface area contributed by atoms with Gasteiger partial charge in [0.2, 0.25) is 0 Å². The van der Waals surface area contributed by atoms with Gasteiger partial charge in [0.05, 0.1) is 0 Å². The Morgan fingerprint density at radius 1 is 1.13 bits per heavy atom. The van der Waals surface area contributed by atoms with Gasteiger partial charge in [-0.15, -0.1) is 0 Å². The van der Waals surface area contributed by atoms with Crippen LogP contribution in [0.3, 0.4) is 0 Å². The Balaban J connectivity index is 2.20. The topological polar surface area (TPSA) is 21.7 Å². The molecule has 0 amide bonds. The Hall–Kier alpha value is -0.0248. The number of likely N-dealkylation sites (tertiary alicyclic amines) is 1. The predicted molar refractivity (Wildman–Crippen MR) is 128 cm³/mol. The molecule has 1 aliphatic heterocycles. The summed E-state index contributed by atoms with van der Waals surface area (Å²) in [5.74, 6) is 1.62. The van der Waals surface area contributed by atoms with Crippen molar-refractivity contribution >= 4 is 12.3 Å². The average molecular weight is 604 g/mol. The zero-order valence-corrected chi connectivity index (χ0v) is 25.0. The molecule has 0 spiro atoms. The Labute approximate surface area is 198 Å². The molecule has 2 rings (SSSR count). The van der Waals surface area contributed by atoms with Crippen LogP contribution in [0.1, 0.15) is 81.6 Å². The minimum atomic E-state index is -1.89. The van der Waals surface area contributed by atoms with Gasteiger partial charge in [-0.1, -0.05) is 0 Å². The van der Waals surface area contributed by atoms with Crippen molar-refractivity contribution in [2.45, 2.75) is 110 Å². The number of allylic oxidation sites excluding steroid dienone is 2. The fourth-order valence-corrected chi connectivity index (χ4v) is 12.9. The van der Waals surface area contributed by atoms with Crippen molar-refractivity contribution in [3.8, 4) is 0 Å². The molecule has 30 heavy (non-hydrogen) atoms. The van der Waals surface area contributed by atoms with E-state index in [1.165, 1.54) is 28.2 Å². The molecular weight excluding hydrogens is 558 g/mol. The molecule has 0 saturated carbocycles. The summed E-state index contributed by atoms with van der Waals surface area (Å²) in [6, 6.07) is 0.465. The molecule has 1 heterocycles. The van der Waals surface area contributed by atoms with E-state index in [2.05, 4.69) is 79.4 Å². The van der Waals surface area contributed by atoms with Gasteiger partial charge in [0, 0.05) is 0 Å². The van der Waals surface area contributed by atoms with Gasteiger partial charge < -0.3 is 0 Å². The molecule has 0 N–H and O–H groups in total. The van der Waals surface area contributed by atoms with Crippen molar-refractivity contribution < 1.29 is 28.5 Å². The molecule has 3 nitrogen and oxygen atoms in total. The maximum absolute atomic E-state index is 7.00. The molecule has 0 aromatic rings. The summed E-state index contributed by atoms with van der Waals surface area (Å²) in [4.78, 5) is 2.64. The van der Waals surface area contributed by atoms with Crippen LogP contribution in [0.4, 0.5) is 0 Å². The Morgan fingerprint density at radius 3 is 2.17 bits per heavy atom. The third-order valence-electron chi connectivity index (χ3n) is 7.55. The van der Waals surface area contributed by atoms with Crippen molar-refractivity contribution in [1.82, 2.24) is 4.90 Å². The van der Waals surface area contributed by atoms with E-state index in [1.807, 2.05) is 7.11 Å². The number of rotatable bonds is 9. The number of hydrogen-bond acceptors (Lipinski definition) is 3. The standard InChI is InChI=1S/C25H45NO2Si.W/c1-18(2)29(19(3)4,20(5)6)28-23-14-13-22(21(7)16-23)17-26-15-11-12-24(26)25(8,9)27-10;/h13,16,18-21,24H,11-12,14-15H2,1-10H3;/t21-,24+;/m1./s1. The van der Waals surface area contributed by atoms with Crippen LogP contribution in [0.2, 0.25) is 16.6 Å². The van der Waals surface area contributed by atoms with Gasteiger partial charge in [0.15, 0.2) is 0 Å². The molecule has 0 aromatic heterocycles. The third-order valence-corrected chi connectivity index (χ3v) is 15.3. The Morgan fingerprint density at radius 2 is 1.70 bits per heavy atom. The van der Waals surface area contributed by atoms with Crippen LogP contribution in [0.25, 0.3) is 0 Å².